The smallest absolute Gasteiger partial charge is 0.387 e. The van der Waals surface area contributed by atoms with Gasteiger partial charge in [-0.15, -0.1) is 0 Å². The number of nitriles is 1. The van der Waals surface area contributed by atoms with E-state index in [2.05, 4.69) is 4.74 Å². The maximum Gasteiger partial charge on any atom is 0.387 e. The SMILES string of the molecule is CCCCN(CCCC)C(=O)C(C#N)=Cc1ccc(OC(F)F)cc1. The van der Waals surface area contributed by atoms with Gasteiger partial charge in [-0.25, -0.2) is 0 Å². The van der Waals surface area contributed by atoms with E-state index in [4.69, 9.17) is 0 Å². The van der Waals surface area contributed by atoms with E-state index in [-0.39, 0.29) is 17.2 Å². The van der Waals surface area contributed by atoms with E-state index in [0.717, 1.165) is 25.7 Å². The Morgan fingerprint density at radius 2 is 1.76 bits per heavy atom. The van der Waals surface area contributed by atoms with Crippen molar-refractivity contribution in [1.29, 1.82) is 5.26 Å². The van der Waals surface area contributed by atoms with Gasteiger partial charge in [-0.3, -0.25) is 4.79 Å². The average molecular weight is 350 g/mol. The lowest BCUT2D eigenvalue weighted by Gasteiger charge is -2.22. The minimum Gasteiger partial charge on any atom is -0.435 e. The summed E-state index contributed by atoms with van der Waals surface area (Å²) in [6, 6.07) is 7.77. The number of amides is 1. The van der Waals surface area contributed by atoms with Crippen molar-refractivity contribution in [2.24, 2.45) is 0 Å². The molecule has 0 bridgehead atoms. The van der Waals surface area contributed by atoms with Crippen LogP contribution in [0.2, 0.25) is 0 Å². The maximum atomic E-state index is 12.6. The van der Waals surface area contributed by atoms with Crippen LogP contribution >= 0.6 is 0 Å². The molecular weight excluding hydrogens is 326 g/mol. The van der Waals surface area contributed by atoms with Gasteiger partial charge in [0.2, 0.25) is 0 Å². The first-order valence-electron chi connectivity index (χ1n) is 8.47. The van der Waals surface area contributed by atoms with Gasteiger partial charge < -0.3 is 9.64 Å². The number of alkyl halides is 2. The highest BCUT2D eigenvalue weighted by atomic mass is 19.3. The molecule has 6 heteroatoms. The highest BCUT2D eigenvalue weighted by molar-refractivity contribution is 6.01. The number of carbonyl (C=O) groups excluding carboxylic acids is 1. The van der Waals surface area contributed by atoms with Crippen molar-refractivity contribution >= 4 is 12.0 Å². The van der Waals surface area contributed by atoms with Crippen LogP contribution in [0, 0.1) is 11.3 Å². The zero-order chi connectivity index (χ0) is 18.7. The average Bonchev–Trinajstić information content (AvgIpc) is 2.60. The van der Waals surface area contributed by atoms with Crippen LogP contribution in [0.3, 0.4) is 0 Å². The quantitative estimate of drug-likeness (QED) is 0.457. The van der Waals surface area contributed by atoms with Crippen LogP contribution in [-0.2, 0) is 4.79 Å². The Hall–Kier alpha value is -2.42. The number of carbonyl (C=O) groups is 1. The van der Waals surface area contributed by atoms with Crippen molar-refractivity contribution in [3.63, 3.8) is 0 Å². The largest absolute Gasteiger partial charge is 0.435 e. The first kappa shape index (κ1) is 20.6. The number of hydrogen-bond acceptors (Lipinski definition) is 3. The van der Waals surface area contributed by atoms with Crippen LogP contribution in [0.25, 0.3) is 6.08 Å². The van der Waals surface area contributed by atoms with Gasteiger partial charge in [-0.05, 0) is 36.6 Å². The minimum atomic E-state index is -2.89. The molecule has 0 saturated heterocycles. The highest BCUT2D eigenvalue weighted by Gasteiger charge is 2.17. The minimum absolute atomic E-state index is 0.0319. The fourth-order valence-corrected chi connectivity index (χ4v) is 2.24. The lowest BCUT2D eigenvalue weighted by molar-refractivity contribution is -0.126. The van der Waals surface area contributed by atoms with Crippen LogP contribution in [0.15, 0.2) is 29.8 Å². The Bertz CT molecular complexity index is 599. The molecular formula is C19H24F2N2O2. The molecule has 0 fully saturated rings. The summed E-state index contributed by atoms with van der Waals surface area (Å²) in [6.07, 6.45) is 5.17. The molecule has 0 aromatic heterocycles. The summed E-state index contributed by atoms with van der Waals surface area (Å²) in [5, 5.41) is 9.34. The maximum absolute atomic E-state index is 12.6. The molecule has 25 heavy (non-hydrogen) atoms. The number of ether oxygens (including phenoxy) is 1. The fraction of sp³-hybridized carbons (Fsp3) is 0.474. The molecule has 0 unspecified atom stereocenters. The molecule has 136 valence electrons. The van der Waals surface area contributed by atoms with Gasteiger partial charge in [0.15, 0.2) is 0 Å². The molecule has 0 N–H and O–H groups in total. The summed E-state index contributed by atoms with van der Waals surface area (Å²) in [6.45, 7) is 2.45. The first-order valence-corrected chi connectivity index (χ1v) is 8.47. The Morgan fingerprint density at radius 3 is 2.20 bits per heavy atom. The number of halogens is 2. The second-order valence-corrected chi connectivity index (χ2v) is 5.62. The third-order valence-electron chi connectivity index (χ3n) is 3.62. The van der Waals surface area contributed by atoms with E-state index in [1.807, 2.05) is 19.9 Å². The van der Waals surface area contributed by atoms with Crippen molar-refractivity contribution in [3.8, 4) is 11.8 Å². The Labute approximate surface area is 147 Å². The Balaban J connectivity index is 2.91. The standard InChI is InChI=1S/C19H24F2N2O2/c1-3-5-11-23(12-6-4-2)18(24)16(14-22)13-15-7-9-17(10-8-15)25-19(20)21/h7-10,13,19H,3-6,11-12H2,1-2H3. The Morgan fingerprint density at radius 1 is 1.20 bits per heavy atom. The number of rotatable bonds is 10. The molecule has 0 aliphatic rings. The topological polar surface area (TPSA) is 53.3 Å². The number of benzene rings is 1. The molecule has 0 atom stereocenters. The van der Waals surface area contributed by atoms with E-state index in [0.29, 0.717) is 18.7 Å². The van der Waals surface area contributed by atoms with E-state index in [1.165, 1.54) is 30.3 Å². The van der Waals surface area contributed by atoms with E-state index >= 15 is 0 Å². The summed E-state index contributed by atoms with van der Waals surface area (Å²) in [5.41, 5.74) is 0.618. The Kier molecular flexibility index (Phi) is 9.23. The van der Waals surface area contributed by atoms with E-state index in [9.17, 15) is 18.8 Å². The van der Waals surface area contributed by atoms with Gasteiger partial charge in [-0.1, -0.05) is 38.8 Å². The number of hydrogen-bond donors (Lipinski definition) is 0. The van der Waals surface area contributed by atoms with Gasteiger partial charge >= 0.3 is 6.61 Å². The van der Waals surface area contributed by atoms with Crippen molar-refractivity contribution in [3.05, 3.63) is 35.4 Å². The summed E-state index contributed by atoms with van der Waals surface area (Å²) in [5.74, 6) is -0.262. The lowest BCUT2D eigenvalue weighted by Crippen LogP contribution is -2.33. The third kappa shape index (κ3) is 7.34. The summed E-state index contributed by atoms with van der Waals surface area (Å²) < 4.78 is 28.6. The van der Waals surface area contributed by atoms with Gasteiger partial charge in [0, 0.05) is 13.1 Å². The van der Waals surface area contributed by atoms with Crippen LogP contribution in [0.1, 0.15) is 45.1 Å². The highest BCUT2D eigenvalue weighted by Crippen LogP contribution is 2.17. The predicted molar refractivity (Wildman–Crippen MR) is 93.1 cm³/mol. The molecule has 1 aromatic carbocycles. The monoisotopic (exact) mass is 350 g/mol. The van der Waals surface area contributed by atoms with Gasteiger partial charge in [0.1, 0.15) is 17.4 Å². The van der Waals surface area contributed by atoms with E-state index in [1.54, 1.807) is 4.90 Å². The van der Waals surface area contributed by atoms with Crippen molar-refractivity contribution < 1.29 is 18.3 Å². The summed E-state index contributed by atoms with van der Waals surface area (Å²) >= 11 is 0. The normalized spacial score (nSPS) is 11.3. The predicted octanol–water partition coefficient (Wildman–Crippen LogP) is 4.62. The zero-order valence-electron chi connectivity index (χ0n) is 14.7. The third-order valence-corrected chi connectivity index (χ3v) is 3.62. The molecule has 0 saturated carbocycles. The molecule has 0 heterocycles. The van der Waals surface area contributed by atoms with Gasteiger partial charge in [0.25, 0.3) is 5.91 Å². The molecule has 1 aromatic rings. The van der Waals surface area contributed by atoms with Crippen LogP contribution in [-0.4, -0.2) is 30.5 Å². The van der Waals surface area contributed by atoms with Crippen LogP contribution < -0.4 is 4.74 Å². The van der Waals surface area contributed by atoms with Crippen molar-refractivity contribution in [2.75, 3.05) is 13.1 Å². The second-order valence-electron chi connectivity index (χ2n) is 5.62. The van der Waals surface area contributed by atoms with Crippen LogP contribution in [0.5, 0.6) is 5.75 Å². The first-order chi connectivity index (χ1) is 12.0. The van der Waals surface area contributed by atoms with Crippen molar-refractivity contribution in [1.82, 2.24) is 4.90 Å². The lowest BCUT2D eigenvalue weighted by atomic mass is 10.1. The van der Waals surface area contributed by atoms with Gasteiger partial charge in [-0.2, -0.15) is 14.0 Å². The molecule has 0 aliphatic heterocycles. The van der Waals surface area contributed by atoms with Crippen LogP contribution in [0.4, 0.5) is 8.78 Å². The fourth-order valence-electron chi connectivity index (χ4n) is 2.24. The van der Waals surface area contributed by atoms with Crippen molar-refractivity contribution in [2.45, 2.75) is 46.1 Å². The van der Waals surface area contributed by atoms with E-state index < -0.39 is 6.61 Å². The summed E-state index contributed by atoms with van der Waals surface area (Å²) in [7, 11) is 0. The summed E-state index contributed by atoms with van der Waals surface area (Å²) in [4.78, 5) is 14.3. The zero-order valence-corrected chi connectivity index (χ0v) is 14.7. The molecule has 1 amide bonds. The number of nitrogens with zero attached hydrogens (tertiary/aromatic N) is 2. The molecule has 4 nitrogen and oxygen atoms in total. The number of unbranched alkanes of at least 4 members (excludes halogenated alkanes) is 2. The molecule has 0 radical (unpaired) electrons. The molecule has 0 aliphatic carbocycles. The molecule has 0 spiro atoms. The van der Waals surface area contributed by atoms with Gasteiger partial charge in [0.05, 0.1) is 0 Å². The second kappa shape index (κ2) is 11.2. The molecule has 1 rings (SSSR count).